The van der Waals surface area contributed by atoms with Crippen molar-refractivity contribution < 1.29 is 9.45 Å². The number of nitrogens with zero attached hydrogens (tertiary/aromatic N) is 4. The number of halogens is 1. The summed E-state index contributed by atoms with van der Waals surface area (Å²) in [6.07, 6.45) is 1.03. The lowest BCUT2D eigenvalue weighted by molar-refractivity contribution is -0.384. The van der Waals surface area contributed by atoms with Crippen LogP contribution < -0.4 is 10.2 Å². The number of nitrogens with one attached hydrogen (secondary N) is 1. The average molecular weight is 456 g/mol. The smallest absolute Gasteiger partial charge is 0.278 e. The Morgan fingerprint density at radius 3 is 2.69 bits per heavy atom. The van der Waals surface area contributed by atoms with Gasteiger partial charge in [0.05, 0.1) is 17.0 Å². The van der Waals surface area contributed by atoms with E-state index in [0.717, 1.165) is 50.7 Å². The Morgan fingerprint density at radius 2 is 1.91 bits per heavy atom. The van der Waals surface area contributed by atoms with Gasteiger partial charge in [0.25, 0.3) is 5.69 Å². The Kier molecular flexibility index (Phi) is 7.36. The van der Waals surface area contributed by atoms with Gasteiger partial charge in [-0.05, 0) is 43.8 Å². The minimum Gasteiger partial charge on any atom is -0.369 e. The normalized spacial score (nSPS) is 14.6. The molecule has 0 bridgehead atoms. The standard InChI is InChI=1S/C23H26ClN5O3/c24-18-5-3-6-19(15-18)28-13-11-27(12-14-28)10-4-9-25-17-20-16-22(26-32-20)21-7-1-2-8-23(21)29(30)31/h1-3,5-8,15-16,25H,4,9-14,17H2. The number of anilines is 1. The third kappa shape index (κ3) is 5.64. The van der Waals surface area contributed by atoms with Gasteiger partial charge in [0, 0.05) is 49.0 Å². The molecule has 3 aromatic rings. The molecule has 0 spiro atoms. The molecule has 0 amide bonds. The molecule has 1 aliphatic rings. The van der Waals surface area contributed by atoms with Crippen LogP contribution in [0, 0.1) is 10.1 Å². The van der Waals surface area contributed by atoms with Gasteiger partial charge < -0.3 is 14.7 Å². The van der Waals surface area contributed by atoms with E-state index in [0.29, 0.717) is 23.6 Å². The topological polar surface area (TPSA) is 87.7 Å². The van der Waals surface area contributed by atoms with Gasteiger partial charge in [-0.2, -0.15) is 0 Å². The molecule has 1 aliphatic heterocycles. The van der Waals surface area contributed by atoms with Gasteiger partial charge in [0.15, 0.2) is 5.76 Å². The molecule has 0 radical (unpaired) electrons. The maximum absolute atomic E-state index is 11.2. The number of nitro groups is 1. The summed E-state index contributed by atoms with van der Waals surface area (Å²) in [6, 6.07) is 16.3. The monoisotopic (exact) mass is 455 g/mol. The van der Waals surface area contributed by atoms with Crippen molar-refractivity contribution in [2.75, 3.05) is 44.2 Å². The SMILES string of the molecule is O=[N+]([O-])c1ccccc1-c1cc(CNCCCN2CCN(c3cccc(Cl)c3)CC2)on1. The fraction of sp³-hybridized carbons (Fsp3) is 0.348. The highest BCUT2D eigenvalue weighted by Crippen LogP contribution is 2.29. The maximum atomic E-state index is 11.2. The van der Waals surface area contributed by atoms with Crippen molar-refractivity contribution in [1.29, 1.82) is 0 Å². The van der Waals surface area contributed by atoms with Crippen LogP contribution in [0.3, 0.4) is 0 Å². The summed E-state index contributed by atoms with van der Waals surface area (Å²) in [4.78, 5) is 15.6. The fourth-order valence-corrected chi connectivity index (χ4v) is 4.10. The van der Waals surface area contributed by atoms with Crippen LogP contribution in [0.25, 0.3) is 11.3 Å². The van der Waals surface area contributed by atoms with Gasteiger partial charge >= 0.3 is 0 Å². The van der Waals surface area contributed by atoms with Gasteiger partial charge in [-0.25, -0.2) is 0 Å². The van der Waals surface area contributed by atoms with Gasteiger partial charge in [0.2, 0.25) is 0 Å². The summed E-state index contributed by atoms with van der Waals surface area (Å²) >= 11 is 6.11. The number of rotatable bonds is 9. The van der Waals surface area contributed by atoms with E-state index in [9.17, 15) is 10.1 Å². The van der Waals surface area contributed by atoms with Crippen molar-refractivity contribution in [1.82, 2.24) is 15.4 Å². The van der Waals surface area contributed by atoms with Crippen LogP contribution in [-0.4, -0.2) is 54.2 Å². The molecule has 2 heterocycles. The summed E-state index contributed by atoms with van der Waals surface area (Å²) < 4.78 is 5.35. The van der Waals surface area contributed by atoms with E-state index in [1.807, 2.05) is 18.2 Å². The molecular weight excluding hydrogens is 430 g/mol. The number of hydrogen-bond acceptors (Lipinski definition) is 7. The van der Waals surface area contributed by atoms with E-state index >= 15 is 0 Å². The molecule has 168 valence electrons. The second kappa shape index (κ2) is 10.6. The molecule has 1 N–H and O–H groups in total. The van der Waals surface area contributed by atoms with E-state index in [1.165, 1.54) is 11.8 Å². The van der Waals surface area contributed by atoms with E-state index in [1.54, 1.807) is 24.3 Å². The van der Waals surface area contributed by atoms with Crippen molar-refractivity contribution >= 4 is 23.0 Å². The number of piperazine rings is 1. The van der Waals surface area contributed by atoms with Gasteiger partial charge in [-0.15, -0.1) is 0 Å². The summed E-state index contributed by atoms with van der Waals surface area (Å²) in [5, 5.41) is 19.3. The van der Waals surface area contributed by atoms with E-state index in [4.69, 9.17) is 16.1 Å². The largest absolute Gasteiger partial charge is 0.369 e. The molecule has 0 saturated carbocycles. The zero-order valence-corrected chi connectivity index (χ0v) is 18.5. The molecule has 0 unspecified atom stereocenters. The van der Waals surface area contributed by atoms with E-state index in [-0.39, 0.29) is 5.69 Å². The highest BCUT2D eigenvalue weighted by molar-refractivity contribution is 6.30. The predicted molar refractivity (Wildman–Crippen MR) is 125 cm³/mol. The predicted octanol–water partition coefficient (Wildman–Crippen LogP) is 4.21. The summed E-state index contributed by atoms with van der Waals surface area (Å²) in [5.74, 6) is 0.660. The number of para-hydroxylation sites is 1. The number of benzene rings is 2. The molecule has 2 aromatic carbocycles. The molecule has 32 heavy (non-hydrogen) atoms. The summed E-state index contributed by atoms with van der Waals surface area (Å²) in [7, 11) is 0. The third-order valence-corrected chi connectivity index (χ3v) is 5.84. The Morgan fingerprint density at radius 1 is 1.09 bits per heavy atom. The number of aromatic nitrogens is 1. The second-order valence-electron chi connectivity index (χ2n) is 7.79. The average Bonchev–Trinajstić information content (AvgIpc) is 3.28. The van der Waals surface area contributed by atoms with Crippen molar-refractivity contribution in [3.05, 3.63) is 75.5 Å². The first-order valence-electron chi connectivity index (χ1n) is 10.7. The molecule has 0 aliphatic carbocycles. The Labute approximate surface area is 191 Å². The first kappa shape index (κ1) is 22.3. The molecule has 0 atom stereocenters. The van der Waals surface area contributed by atoms with Crippen LogP contribution in [0.5, 0.6) is 0 Å². The van der Waals surface area contributed by atoms with Crippen molar-refractivity contribution in [3.8, 4) is 11.3 Å². The van der Waals surface area contributed by atoms with Crippen molar-refractivity contribution in [2.24, 2.45) is 0 Å². The second-order valence-corrected chi connectivity index (χ2v) is 8.23. The molecule has 8 nitrogen and oxygen atoms in total. The van der Waals surface area contributed by atoms with Crippen LogP contribution in [-0.2, 0) is 6.54 Å². The molecule has 1 fully saturated rings. The summed E-state index contributed by atoms with van der Waals surface area (Å²) in [6.45, 7) is 6.50. The first-order chi connectivity index (χ1) is 15.6. The fourth-order valence-electron chi connectivity index (χ4n) is 3.91. The molecule has 9 heteroatoms. The molecular formula is C23H26ClN5O3. The van der Waals surface area contributed by atoms with E-state index < -0.39 is 4.92 Å². The van der Waals surface area contributed by atoms with Crippen molar-refractivity contribution in [2.45, 2.75) is 13.0 Å². The number of nitro benzene ring substituents is 1. The van der Waals surface area contributed by atoms with Gasteiger partial charge in [-0.1, -0.05) is 35.0 Å². The minimum absolute atomic E-state index is 0.0239. The zero-order chi connectivity index (χ0) is 22.3. The quantitative estimate of drug-likeness (QED) is 0.294. The number of hydrogen-bond donors (Lipinski definition) is 1. The molecule has 1 aromatic heterocycles. The zero-order valence-electron chi connectivity index (χ0n) is 17.7. The van der Waals surface area contributed by atoms with Crippen molar-refractivity contribution in [3.63, 3.8) is 0 Å². The van der Waals surface area contributed by atoms with Crippen LogP contribution in [0.1, 0.15) is 12.2 Å². The highest BCUT2D eigenvalue weighted by atomic mass is 35.5. The van der Waals surface area contributed by atoms with E-state index in [2.05, 4.69) is 26.3 Å². The van der Waals surface area contributed by atoms with Gasteiger partial charge in [0.1, 0.15) is 5.69 Å². The lowest BCUT2D eigenvalue weighted by atomic mass is 10.1. The minimum atomic E-state index is -0.406. The molecule has 1 saturated heterocycles. The lowest BCUT2D eigenvalue weighted by Gasteiger charge is -2.36. The maximum Gasteiger partial charge on any atom is 0.278 e. The Bertz CT molecular complexity index is 1050. The first-order valence-corrected chi connectivity index (χ1v) is 11.1. The lowest BCUT2D eigenvalue weighted by Crippen LogP contribution is -2.47. The van der Waals surface area contributed by atoms with Crippen LogP contribution in [0.4, 0.5) is 11.4 Å². The van der Waals surface area contributed by atoms with Crippen LogP contribution >= 0.6 is 11.6 Å². The summed E-state index contributed by atoms with van der Waals surface area (Å²) in [5.41, 5.74) is 2.15. The molecule has 4 rings (SSSR count). The third-order valence-electron chi connectivity index (χ3n) is 5.61. The van der Waals surface area contributed by atoms with Crippen LogP contribution in [0.15, 0.2) is 59.1 Å². The Balaban J connectivity index is 1.17. The van der Waals surface area contributed by atoms with Gasteiger partial charge in [-0.3, -0.25) is 15.0 Å². The highest BCUT2D eigenvalue weighted by Gasteiger charge is 2.18. The van der Waals surface area contributed by atoms with Crippen LogP contribution in [0.2, 0.25) is 5.02 Å². The Hall–Kier alpha value is -2.94.